The second kappa shape index (κ2) is 5.41. The average molecular weight is 330 g/mol. The lowest BCUT2D eigenvalue weighted by Crippen LogP contribution is -2.52. The van der Waals surface area contributed by atoms with Crippen molar-refractivity contribution in [2.45, 2.75) is 59.0 Å². The Morgan fingerprint density at radius 3 is 2.50 bits per heavy atom. The normalized spacial score (nSPS) is 35.7. The molecule has 2 N–H and O–H groups in total. The van der Waals surface area contributed by atoms with E-state index in [1.165, 1.54) is 6.08 Å². The Balaban J connectivity index is 2.25. The lowest BCUT2D eigenvalue weighted by Gasteiger charge is -2.56. The second-order valence-corrected chi connectivity index (χ2v) is 8.33. The Bertz CT molecular complexity index is 694. The predicted octanol–water partition coefficient (Wildman–Crippen LogP) is 3.42. The van der Waals surface area contributed by atoms with Crippen LogP contribution in [0.25, 0.3) is 0 Å². The summed E-state index contributed by atoms with van der Waals surface area (Å²) in [4.78, 5) is 25.4. The zero-order chi connectivity index (χ0) is 17.9. The molecule has 24 heavy (non-hydrogen) atoms. The molecule has 0 heterocycles. The molecule has 0 unspecified atom stereocenters. The van der Waals surface area contributed by atoms with Gasteiger partial charge < -0.3 is 10.2 Å². The van der Waals surface area contributed by atoms with Crippen molar-refractivity contribution >= 4 is 11.6 Å². The van der Waals surface area contributed by atoms with Crippen LogP contribution in [0.4, 0.5) is 0 Å². The van der Waals surface area contributed by atoms with Gasteiger partial charge in [-0.15, -0.1) is 6.58 Å². The number of carbonyl (C=O) groups is 2. The largest absolute Gasteiger partial charge is 0.507 e. The van der Waals surface area contributed by atoms with Gasteiger partial charge in [-0.05, 0) is 37.0 Å². The monoisotopic (exact) mass is 330 g/mol. The van der Waals surface area contributed by atoms with Crippen molar-refractivity contribution in [3.63, 3.8) is 0 Å². The van der Waals surface area contributed by atoms with Crippen LogP contribution in [0.1, 0.15) is 52.9 Å². The third-order valence-electron chi connectivity index (χ3n) is 6.46. The molecule has 1 fully saturated rings. The molecule has 4 heteroatoms. The number of rotatable bonds is 2. The predicted molar refractivity (Wildman–Crippen MR) is 91.4 cm³/mol. The molecule has 0 aromatic heterocycles. The number of Topliss-reactive ketones (excluding diaryl/α,β-unsaturated/α-hetero) is 2. The zero-order valence-electron chi connectivity index (χ0n) is 14.7. The lowest BCUT2D eigenvalue weighted by molar-refractivity contribution is -0.135. The lowest BCUT2D eigenvalue weighted by atomic mass is 9.48. The van der Waals surface area contributed by atoms with Crippen LogP contribution >= 0.6 is 0 Å². The van der Waals surface area contributed by atoms with Gasteiger partial charge in [-0.1, -0.05) is 33.3 Å². The van der Waals surface area contributed by atoms with E-state index < -0.39 is 23.1 Å². The highest BCUT2D eigenvalue weighted by atomic mass is 16.3. The maximum Gasteiger partial charge on any atom is 0.233 e. The molecule has 3 aliphatic carbocycles. The number of allylic oxidation sites excluding steroid dienone is 3. The van der Waals surface area contributed by atoms with Gasteiger partial charge >= 0.3 is 0 Å². The van der Waals surface area contributed by atoms with E-state index in [2.05, 4.69) is 20.4 Å². The minimum atomic E-state index is -0.910. The van der Waals surface area contributed by atoms with Crippen LogP contribution in [0.3, 0.4) is 0 Å². The van der Waals surface area contributed by atoms with E-state index in [-0.39, 0.29) is 34.7 Å². The Morgan fingerprint density at radius 2 is 1.88 bits per heavy atom. The molecule has 0 amide bonds. The van der Waals surface area contributed by atoms with Crippen LogP contribution < -0.4 is 0 Å². The van der Waals surface area contributed by atoms with Crippen LogP contribution in [0.2, 0.25) is 0 Å². The van der Waals surface area contributed by atoms with Gasteiger partial charge in [-0.25, -0.2) is 0 Å². The van der Waals surface area contributed by atoms with Crippen molar-refractivity contribution in [1.29, 1.82) is 0 Å². The van der Waals surface area contributed by atoms with E-state index in [0.717, 1.165) is 19.3 Å². The molecular weight excluding hydrogens is 304 g/mol. The van der Waals surface area contributed by atoms with E-state index in [4.69, 9.17) is 0 Å². The van der Waals surface area contributed by atoms with E-state index in [9.17, 15) is 19.8 Å². The summed E-state index contributed by atoms with van der Waals surface area (Å²) in [5, 5.41) is 21.3. The number of hydrogen-bond donors (Lipinski definition) is 2. The molecule has 3 atom stereocenters. The third-order valence-corrected chi connectivity index (χ3v) is 6.46. The fraction of sp³-hybridized carbons (Fsp3) is 0.600. The number of aliphatic hydroxyl groups excluding tert-OH is 2. The van der Waals surface area contributed by atoms with E-state index in [0.29, 0.717) is 12.0 Å². The van der Waals surface area contributed by atoms with Crippen molar-refractivity contribution in [2.24, 2.45) is 16.7 Å². The Labute approximate surface area is 142 Å². The summed E-state index contributed by atoms with van der Waals surface area (Å²) in [7, 11) is 0. The Kier molecular flexibility index (Phi) is 3.87. The maximum absolute atomic E-state index is 12.9. The summed E-state index contributed by atoms with van der Waals surface area (Å²) in [6, 6.07) is 0. The van der Waals surface area contributed by atoms with Gasteiger partial charge in [-0.3, -0.25) is 9.59 Å². The Morgan fingerprint density at radius 1 is 1.21 bits per heavy atom. The SMILES string of the molecule is C=CCC1=C(O)C2=C(C(=O)C1=O)[C@@]1(C)CCCC(C)(C)[C@@H]1C[C@H]2O. The van der Waals surface area contributed by atoms with Crippen molar-refractivity contribution < 1.29 is 19.8 Å². The van der Waals surface area contributed by atoms with Gasteiger partial charge in [0.2, 0.25) is 11.6 Å². The highest BCUT2D eigenvalue weighted by Gasteiger charge is 2.57. The van der Waals surface area contributed by atoms with Crippen LogP contribution in [0, 0.1) is 16.7 Å². The number of hydrogen-bond acceptors (Lipinski definition) is 4. The molecule has 0 spiro atoms. The van der Waals surface area contributed by atoms with E-state index in [1.807, 2.05) is 6.92 Å². The summed E-state index contributed by atoms with van der Waals surface area (Å²) in [5.74, 6) is -1.30. The number of ketones is 2. The highest BCUT2D eigenvalue weighted by molar-refractivity contribution is 6.50. The molecular formula is C20H26O4. The fourth-order valence-electron chi connectivity index (χ4n) is 5.33. The van der Waals surface area contributed by atoms with Crippen LogP contribution in [-0.2, 0) is 9.59 Å². The van der Waals surface area contributed by atoms with Crippen molar-refractivity contribution in [3.8, 4) is 0 Å². The second-order valence-electron chi connectivity index (χ2n) is 8.33. The maximum atomic E-state index is 12.9. The Hall–Kier alpha value is -1.68. The average Bonchev–Trinajstić information content (AvgIpc) is 2.49. The van der Waals surface area contributed by atoms with Crippen molar-refractivity contribution in [3.05, 3.63) is 35.1 Å². The smallest absolute Gasteiger partial charge is 0.233 e. The van der Waals surface area contributed by atoms with Crippen LogP contribution in [-0.4, -0.2) is 27.9 Å². The quantitative estimate of drug-likeness (QED) is 0.462. The summed E-state index contributed by atoms with van der Waals surface area (Å²) >= 11 is 0. The number of carbonyl (C=O) groups excluding carboxylic acids is 2. The molecule has 4 nitrogen and oxygen atoms in total. The highest BCUT2D eigenvalue weighted by Crippen LogP contribution is 2.61. The zero-order valence-corrected chi connectivity index (χ0v) is 14.7. The summed E-state index contributed by atoms with van der Waals surface area (Å²) in [5.41, 5.74) is 0.208. The topological polar surface area (TPSA) is 74.6 Å². The van der Waals surface area contributed by atoms with Gasteiger partial charge in [0.25, 0.3) is 0 Å². The van der Waals surface area contributed by atoms with Gasteiger partial charge in [0.15, 0.2) is 0 Å². The molecule has 0 aliphatic heterocycles. The first-order chi connectivity index (χ1) is 11.1. The molecule has 130 valence electrons. The van der Waals surface area contributed by atoms with Crippen LogP contribution in [0.5, 0.6) is 0 Å². The van der Waals surface area contributed by atoms with Crippen molar-refractivity contribution in [2.75, 3.05) is 0 Å². The van der Waals surface area contributed by atoms with Gasteiger partial charge in [-0.2, -0.15) is 0 Å². The first-order valence-electron chi connectivity index (χ1n) is 8.70. The van der Waals surface area contributed by atoms with E-state index in [1.54, 1.807) is 0 Å². The molecule has 1 saturated carbocycles. The van der Waals surface area contributed by atoms with Gasteiger partial charge in [0.05, 0.1) is 6.10 Å². The minimum absolute atomic E-state index is 0.0173. The number of fused-ring (bicyclic) bond motifs is 2. The van der Waals surface area contributed by atoms with Crippen LogP contribution in [0.15, 0.2) is 35.1 Å². The minimum Gasteiger partial charge on any atom is -0.507 e. The van der Waals surface area contributed by atoms with Gasteiger partial charge in [0, 0.05) is 22.1 Å². The molecule has 0 aromatic carbocycles. The molecule has 3 aliphatic rings. The molecule has 0 aromatic rings. The fourth-order valence-corrected chi connectivity index (χ4v) is 5.33. The summed E-state index contributed by atoms with van der Waals surface area (Å²) in [6.07, 6.45) is 4.03. The molecule has 0 saturated heterocycles. The molecule has 0 radical (unpaired) electrons. The van der Waals surface area contributed by atoms with Gasteiger partial charge in [0.1, 0.15) is 5.76 Å². The summed E-state index contributed by atoms with van der Waals surface area (Å²) in [6.45, 7) is 9.94. The number of aliphatic hydroxyl groups is 2. The third kappa shape index (κ3) is 2.16. The molecule has 3 rings (SSSR count). The van der Waals surface area contributed by atoms with E-state index >= 15 is 0 Å². The first-order valence-corrected chi connectivity index (χ1v) is 8.70. The first kappa shape index (κ1) is 17.2. The summed E-state index contributed by atoms with van der Waals surface area (Å²) < 4.78 is 0. The molecule has 0 bridgehead atoms. The van der Waals surface area contributed by atoms with Crippen molar-refractivity contribution in [1.82, 2.24) is 0 Å². The standard InChI is InChI=1S/C20H26O4/c1-5-7-11-16(22)14-12(21)10-13-19(2,3)8-6-9-20(13,4)15(14)18(24)17(11)23/h5,12-13,21-22H,1,6-10H2,2-4H3/t12-,13+,20+/m1/s1.